The summed E-state index contributed by atoms with van der Waals surface area (Å²) in [6.45, 7) is 1.90. The van der Waals surface area contributed by atoms with Gasteiger partial charge in [0.15, 0.2) is 5.69 Å². The number of halogens is 1. The molecule has 3 N–H and O–H groups in total. The molecule has 24 heavy (non-hydrogen) atoms. The average molecular weight is 385 g/mol. The number of hydrogen-bond acceptors (Lipinski definition) is 3. The van der Waals surface area contributed by atoms with Gasteiger partial charge in [0.25, 0.3) is 5.91 Å². The Labute approximate surface area is 148 Å². The maximum atomic E-state index is 12.4. The van der Waals surface area contributed by atoms with Crippen molar-refractivity contribution in [1.29, 1.82) is 0 Å². The van der Waals surface area contributed by atoms with E-state index in [0.29, 0.717) is 11.4 Å². The van der Waals surface area contributed by atoms with Gasteiger partial charge in [-0.1, -0.05) is 28.1 Å². The number of carbonyl (C=O) groups excluding carboxylic acids is 1. The average Bonchev–Trinajstić information content (AvgIpc) is 3.06. The summed E-state index contributed by atoms with van der Waals surface area (Å²) in [5.41, 5.74) is 8.78. The number of carbonyl (C=O) groups is 1. The highest BCUT2D eigenvalue weighted by atomic mass is 79.9. The lowest BCUT2D eigenvalue weighted by Crippen LogP contribution is -2.14. The SMILES string of the molecule is C[C@@H](N)c1cccc(NC(=O)c2ccn(-c3ccc(Br)cc3)n2)c1. The van der Waals surface area contributed by atoms with Crippen LogP contribution in [-0.2, 0) is 0 Å². The normalized spacial score (nSPS) is 12.0. The molecule has 1 heterocycles. The Morgan fingerprint density at radius 3 is 2.67 bits per heavy atom. The van der Waals surface area contributed by atoms with Gasteiger partial charge < -0.3 is 11.1 Å². The molecule has 0 spiro atoms. The van der Waals surface area contributed by atoms with E-state index in [9.17, 15) is 4.79 Å². The number of amides is 1. The maximum Gasteiger partial charge on any atom is 0.276 e. The second-order valence-corrected chi connectivity index (χ2v) is 6.41. The van der Waals surface area contributed by atoms with Crippen LogP contribution in [0.1, 0.15) is 29.0 Å². The molecule has 0 aliphatic carbocycles. The standard InChI is InChI=1S/C18H17BrN4O/c1-12(20)13-3-2-4-15(11-13)21-18(24)17-9-10-23(22-17)16-7-5-14(19)6-8-16/h2-12H,20H2,1H3,(H,21,24)/t12-/m1/s1. The van der Waals surface area contributed by atoms with Crippen LogP contribution < -0.4 is 11.1 Å². The van der Waals surface area contributed by atoms with Crippen molar-refractivity contribution < 1.29 is 4.79 Å². The minimum atomic E-state index is -0.257. The van der Waals surface area contributed by atoms with Gasteiger partial charge in [0.2, 0.25) is 0 Å². The first-order valence-electron chi connectivity index (χ1n) is 7.51. The zero-order valence-corrected chi connectivity index (χ0v) is 14.7. The quantitative estimate of drug-likeness (QED) is 0.715. The fraction of sp³-hybridized carbons (Fsp3) is 0.111. The zero-order valence-electron chi connectivity index (χ0n) is 13.1. The number of nitrogens with zero attached hydrogens (tertiary/aromatic N) is 2. The van der Waals surface area contributed by atoms with Crippen LogP contribution in [-0.4, -0.2) is 15.7 Å². The summed E-state index contributed by atoms with van der Waals surface area (Å²) in [5, 5.41) is 7.18. The van der Waals surface area contributed by atoms with Crippen LogP contribution in [0.25, 0.3) is 5.69 Å². The van der Waals surface area contributed by atoms with Gasteiger partial charge in [-0.2, -0.15) is 5.10 Å². The Bertz CT molecular complexity index is 855. The molecular weight excluding hydrogens is 368 g/mol. The van der Waals surface area contributed by atoms with Gasteiger partial charge in [0.1, 0.15) is 0 Å². The Morgan fingerprint density at radius 2 is 1.96 bits per heavy atom. The summed E-state index contributed by atoms with van der Waals surface area (Å²) in [6.07, 6.45) is 1.76. The number of nitrogens with one attached hydrogen (secondary N) is 1. The van der Waals surface area contributed by atoms with Crippen molar-refractivity contribution in [1.82, 2.24) is 9.78 Å². The van der Waals surface area contributed by atoms with Crippen molar-refractivity contribution in [2.75, 3.05) is 5.32 Å². The summed E-state index contributed by atoms with van der Waals surface area (Å²) in [6, 6.07) is 16.8. The van der Waals surface area contributed by atoms with E-state index >= 15 is 0 Å². The molecule has 0 saturated carbocycles. The van der Waals surface area contributed by atoms with Gasteiger partial charge >= 0.3 is 0 Å². The first-order valence-corrected chi connectivity index (χ1v) is 8.31. The fourth-order valence-electron chi connectivity index (χ4n) is 2.28. The van der Waals surface area contributed by atoms with Crippen LogP contribution in [0, 0.1) is 0 Å². The maximum absolute atomic E-state index is 12.4. The molecule has 2 aromatic carbocycles. The second-order valence-electron chi connectivity index (χ2n) is 5.49. The molecule has 6 heteroatoms. The first kappa shape index (κ1) is 16.4. The Hall–Kier alpha value is -2.44. The van der Waals surface area contributed by atoms with E-state index in [0.717, 1.165) is 15.7 Å². The highest BCUT2D eigenvalue weighted by Gasteiger charge is 2.11. The number of aromatic nitrogens is 2. The topological polar surface area (TPSA) is 72.9 Å². The third-order valence-electron chi connectivity index (χ3n) is 3.58. The van der Waals surface area contributed by atoms with Crippen LogP contribution in [0.4, 0.5) is 5.69 Å². The molecule has 0 radical (unpaired) electrons. The number of rotatable bonds is 4. The summed E-state index contributed by atoms with van der Waals surface area (Å²) < 4.78 is 2.66. The van der Waals surface area contributed by atoms with Crippen molar-refractivity contribution in [2.45, 2.75) is 13.0 Å². The minimum absolute atomic E-state index is 0.0848. The number of nitrogens with two attached hydrogens (primary N) is 1. The molecule has 3 rings (SSSR count). The highest BCUT2D eigenvalue weighted by molar-refractivity contribution is 9.10. The molecule has 0 saturated heterocycles. The predicted molar refractivity (Wildman–Crippen MR) is 98.3 cm³/mol. The van der Waals surface area contributed by atoms with E-state index in [4.69, 9.17) is 5.73 Å². The monoisotopic (exact) mass is 384 g/mol. The van der Waals surface area contributed by atoms with Crippen molar-refractivity contribution in [3.05, 3.63) is 76.5 Å². The van der Waals surface area contributed by atoms with Gasteiger partial charge in [-0.3, -0.25) is 4.79 Å². The van der Waals surface area contributed by atoms with E-state index in [-0.39, 0.29) is 11.9 Å². The molecule has 0 fully saturated rings. The highest BCUT2D eigenvalue weighted by Crippen LogP contribution is 2.17. The van der Waals surface area contributed by atoms with Crippen molar-refractivity contribution in [3.63, 3.8) is 0 Å². The molecule has 1 aromatic heterocycles. The van der Waals surface area contributed by atoms with E-state index in [1.807, 2.05) is 55.5 Å². The van der Waals surface area contributed by atoms with Crippen molar-refractivity contribution in [3.8, 4) is 5.69 Å². The lowest BCUT2D eigenvalue weighted by Gasteiger charge is -2.08. The minimum Gasteiger partial charge on any atom is -0.324 e. The molecule has 0 unspecified atom stereocenters. The van der Waals surface area contributed by atoms with Crippen LogP contribution in [0.15, 0.2) is 65.3 Å². The summed E-state index contributed by atoms with van der Waals surface area (Å²) >= 11 is 3.40. The smallest absolute Gasteiger partial charge is 0.276 e. The van der Waals surface area contributed by atoms with Gasteiger partial charge in [-0.25, -0.2) is 4.68 Å². The third kappa shape index (κ3) is 3.72. The van der Waals surface area contributed by atoms with Crippen LogP contribution in [0.5, 0.6) is 0 Å². The third-order valence-corrected chi connectivity index (χ3v) is 4.11. The molecule has 5 nitrogen and oxygen atoms in total. The molecule has 0 aliphatic heterocycles. The van der Waals surface area contributed by atoms with E-state index < -0.39 is 0 Å². The van der Waals surface area contributed by atoms with Crippen molar-refractivity contribution in [2.24, 2.45) is 5.73 Å². The van der Waals surface area contributed by atoms with Crippen LogP contribution >= 0.6 is 15.9 Å². The summed E-state index contributed by atoms with van der Waals surface area (Å²) in [7, 11) is 0. The molecule has 0 aliphatic rings. The first-order chi connectivity index (χ1) is 11.5. The Balaban J connectivity index is 1.76. The van der Waals surface area contributed by atoms with Gasteiger partial charge in [0.05, 0.1) is 5.69 Å². The van der Waals surface area contributed by atoms with E-state index in [1.54, 1.807) is 16.9 Å². The molecule has 1 atom stereocenters. The summed E-state index contributed by atoms with van der Waals surface area (Å²) in [4.78, 5) is 12.4. The van der Waals surface area contributed by atoms with Crippen LogP contribution in [0.3, 0.4) is 0 Å². The molecule has 0 bridgehead atoms. The lowest BCUT2D eigenvalue weighted by molar-refractivity contribution is 0.102. The second kappa shape index (κ2) is 6.98. The Morgan fingerprint density at radius 1 is 1.21 bits per heavy atom. The molecule has 1 amide bonds. The molecular formula is C18H17BrN4O. The molecule has 3 aromatic rings. The summed E-state index contributed by atoms with van der Waals surface area (Å²) in [5.74, 6) is -0.257. The number of anilines is 1. The Kier molecular flexibility index (Phi) is 4.78. The van der Waals surface area contributed by atoms with Crippen molar-refractivity contribution >= 4 is 27.5 Å². The predicted octanol–water partition coefficient (Wildman–Crippen LogP) is 3.91. The molecule has 122 valence electrons. The van der Waals surface area contributed by atoms with Gasteiger partial charge in [-0.15, -0.1) is 0 Å². The zero-order chi connectivity index (χ0) is 17.1. The largest absolute Gasteiger partial charge is 0.324 e. The lowest BCUT2D eigenvalue weighted by atomic mass is 10.1. The number of hydrogen-bond donors (Lipinski definition) is 2. The van der Waals surface area contributed by atoms with E-state index in [1.165, 1.54) is 0 Å². The number of benzene rings is 2. The van der Waals surface area contributed by atoms with Gasteiger partial charge in [-0.05, 0) is 55.0 Å². The van der Waals surface area contributed by atoms with Crippen LogP contribution in [0.2, 0.25) is 0 Å². The van der Waals surface area contributed by atoms with Gasteiger partial charge in [0, 0.05) is 22.4 Å². The van der Waals surface area contributed by atoms with E-state index in [2.05, 4.69) is 26.3 Å². The fourth-order valence-corrected chi connectivity index (χ4v) is 2.54.